The predicted molar refractivity (Wildman–Crippen MR) is 103 cm³/mol. The summed E-state index contributed by atoms with van der Waals surface area (Å²) in [6.45, 7) is 1.96. The van der Waals surface area contributed by atoms with E-state index in [-0.39, 0.29) is 40.6 Å². The van der Waals surface area contributed by atoms with Crippen LogP contribution in [0.25, 0.3) is 0 Å². The average Bonchev–Trinajstić information content (AvgIpc) is 2.69. The van der Waals surface area contributed by atoms with E-state index in [9.17, 15) is 19.7 Å². The summed E-state index contributed by atoms with van der Waals surface area (Å²) in [5, 5.41) is 11.1. The quantitative estimate of drug-likeness (QED) is 0.253. The van der Waals surface area contributed by atoms with E-state index in [2.05, 4.69) is 0 Å². The van der Waals surface area contributed by atoms with Crippen LogP contribution in [0.15, 0.2) is 42.5 Å². The van der Waals surface area contributed by atoms with Crippen molar-refractivity contribution < 1.29 is 24.0 Å². The number of nitro groups is 1. The van der Waals surface area contributed by atoms with Gasteiger partial charge in [-0.05, 0) is 30.7 Å². The Balaban J connectivity index is 2.11. The fourth-order valence-corrected chi connectivity index (χ4v) is 2.80. The Morgan fingerprint density at radius 1 is 1.00 bits per heavy atom. The van der Waals surface area contributed by atoms with E-state index in [1.54, 1.807) is 12.1 Å². The Hall–Kier alpha value is -2.93. The van der Waals surface area contributed by atoms with Gasteiger partial charge in [-0.1, -0.05) is 49.6 Å². The lowest BCUT2D eigenvalue weighted by atomic mass is 10.1. The fourth-order valence-electron chi connectivity index (χ4n) is 2.54. The third-order valence-electron chi connectivity index (χ3n) is 3.96. The smallest absolute Gasteiger partial charge is 0.339 e. The molecule has 0 saturated heterocycles. The molecule has 148 valence electrons. The number of nitrogens with zero attached hydrogens (tertiary/aromatic N) is 1. The number of para-hydroxylation sites is 1. The van der Waals surface area contributed by atoms with Crippen molar-refractivity contribution in [3.63, 3.8) is 0 Å². The fraction of sp³-hybridized carbons (Fsp3) is 0.300. The van der Waals surface area contributed by atoms with Crippen LogP contribution >= 0.6 is 11.6 Å². The maximum absolute atomic E-state index is 12.5. The van der Waals surface area contributed by atoms with E-state index in [1.807, 2.05) is 6.92 Å². The molecule has 0 amide bonds. The molecule has 0 spiro atoms. The summed E-state index contributed by atoms with van der Waals surface area (Å²) >= 11 is 5.85. The average molecular weight is 406 g/mol. The van der Waals surface area contributed by atoms with Gasteiger partial charge in [0.05, 0.1) is 28.2 Å². The second-order valence-electron chi connectivity index (χ2n) is 5.97. The molecule has 0 aliphatic rings. The predicted octanol–water partition coefficient (Wildman–Crippen LogP) is 4.95. The zero-order chi connectivity index (χ0) is 20.5. The topological polar surface area (TPSA) is 95.7 Å². The molecule has 0 N–H and O–H groups in total. The number of rotatable bonds is 9. The highest BCUT2D eigenvalue weighted by Gasteiger charge is 2.22. The molecule has 0 saturated carbocycles. The van der Waals surface area contributed by atoms with Gasteiger partial charge in [0.1, 0.15) is 11.6 Å². The summed E-state index contributed by atoms with van der Waals surface area (Å²) in [4.78, 5) is 35.2. The highest BCUT2D eigenvalue weighted by atomic mass is 35.5. The molecule has 0 atom stereocenters. The van der Waals surface area contributed by atoms with Gasteiger partial charge in [0.15, 0.2) is 0 Å². The van der Waals surface area contributed by atoms with Crippen molar-refractivity contribution >= 4 is 29.2 Å². The Morgan fingerprint density at radius 3 is 2.25 bits per heavy atom. The van der Waals surface area contributed by atoms with Gasteiger partial charge in [0.2, 0.25) is 0 Å². The Bertz CT molecular complexity index is 868. The molecular formula is C20H20ClNO6. The Kier molecular flexibility index (Phi) is 7.95. The van der Waals surface area contributed by atoms with Crippen molar-refractivity contribution in [3.8, 4) is 0 Å². The van der Waals surface area contributed by atoms with E-state index in [0.29, 0.717) is 0 Å². The molecule has 0 radical (unpaired) electrons. The summed E-state index contributed by atoms with van der Waals surface area (Å²) < 4.78 is 10.4. The summed E-state index contributed by atoms with van der Waals surface area (Å²) in [5.74, 6) is -1.40. The largest absolute Gasteiger partial charge is 0.462 e. The molecule has 0 heterocycles. The van der Waals surface area contributed by atoms with Crippen molar-refractivity contribution in [2.45, 2.75) is 32.8 Å². The van der Waals surface area contributed by atoms with E-state index < -0.39 is 16.9 Å². The first-order chi connectivity index (χ1) is 13.5. The van der Waals surface area contributed by atoms with Crippen LogP contribution in [0, 0.1) is 10.1 Å². The lowest BCUT2D eigenvalue weighted by Crippen LogP contribution is -2.14. The normalized spacial score (nSPS) is 10.4. The third kappa shape index (κ3) is 5.53. The molecule has 0 fully saturated rings. The molecular weight excluding hydrogens is 386 g/mol. The molecule has 0 aliphatic heterocycles. The van der Waals surface area contributed by atoms with Crippen LogP contribution in [0.1, 0.15) is 52.5 Å². The first-order valence-corrected chi connectivity index (χ1v) is 9.18. The van der Waals surface area contributed by atoms with E-state index in [1.165, 1.54) is 30.3 Å². The molecule has 2 rings (SSSR count). The van der Waals surface area contributed by atoms with Crippen LogP contribution in [-0.2, 0) is 16.1 Å². The van der Waals surface area contributed by atoms with Crippen LogP contribution in [0.2, 0.25) is 5.02 Å². The van der Waals surface area contributed by atoms with Gasteiger partial charge in [-0.3, -0.25) is 10.1 Å². The third-order valence-corrected chi connectivity index (χ3v) is 4.26. The Morgan fingerprint density at radius 2 is 1.64 bits per heavy atom. The van der Waals surface area contributed by atoms with Gasteiger partial charge in [0.25, 0.3) is 5.69 Å². The maximum Gasteiger partial charge on any atom is 0.339 e. The molecule has 0 unspecified atom stereocenters. The van der Waals surface area contributed by atoms with Crippen LogP contribution in [-0.4, -0.2) is 23.5 Å². The number of nitro benzene ring substituents is 1. The van der Waals surface area contributed by atoms with Crippen molar-refractivity contribution in [3.05, 3.63) is 74.3 Å². The first-order valence-electron chi connectivity index (χ1n) is 8.80. The highest BCUT2D eigenvalue weighted by molar-refractivity contribution is 6.32. The van der Waals surface area contributed by atoms with Crippen molar-refractivity contribution in [2.75, 3.05) is 6.61 Å². The van der Waals surface area contributed by atoms with Crippen molar-refractivity contribution in [2.24, 2.45) is 0 Å². The number of unbranched alkanes of at least 4 members (excludes halogenated alkanes) is 2. The molecule has 0 aromatic heterocycles. The van der Waals surface area contributed by atoms with Crippen molar-refractivity contribution in [1.82, 2.24) is 0 Å². The van der Waals surface area contributed by atoms with Crippen molar-refractivity contribution in [1.29, 1.82) is 0 Å². The number of hydrogen-bond acceptors (Lipinski definition) is 6. The highest BCUT2D eigenvalue weighted by Crippen LogP contribution is 2.29. The number of hydrogen-bond donors (Lipinski definition) is 0. The van der Waals surface area contributed by atoms with Crippen LogP contribution in [0.3, 0.4) is 0 Å². The maximum atomic E-state index is 12.5. The molecule has 7 nitrogen and oxygen atoms in total. The van der Waals surface area contributed by atoms with Crippen LogP contribution in [0.5, 0.6) is 0 Å². The van der Waals surface area contributed by atoms with E-state index in [4.69, 9.17) is 21.1 Å². The monoisotopic (exact) mass is 405 g/mol. The summed E-state index contributed by atoms with van der Waals surface area (Å²) in [5.41, 5.74) is -0.0386. The van der Waals surface area contributed by atoms with Gasteiger partial charge >= 0.3 is 11.9 Å². The van der Waals surface area contributed by atoms with E-state index in [0.717, 1.165) is 19.3 Å². The first kappa shape index (κ1) is 21.4. The number of esters is 2. The number of carbonyl (C=O) groups excluding carboxylic acids is 2. The molecule has 2 aromatic rings. The van der Waals surface area contributed by atoms with Gasteiger partial charge < -0.3 is 9.47 Å². The molecule has 0 bridgehead atoms. The number of ether oxygens (including phenoxy) is 2. The second kappa shape index (κ2) is 10.4. The molecule has 2 aromatic carbocycles. The summed E-state index contributed by atoms with van der Waals surface area (Å²) in [6, 6.07) is 10.5. The lowest BCUT2D eigenvalue weighted by molar-refractivity contribution is -0.385. The molecule has 28 heavy (non-hydrogen) atoms. The summed E-state index contributed by atoms with van der Waals surface area (Å²) in [7, 11) is 0. The van der Waals surface area contributed by atoms with E-state index >= 15 is 0 Å². The number of benzene rings is 2. The Labute approximate surface area is 167 Å². The van der Waals surface area contributed by atoms with Crippen LogP contribution < -0.4 is 0 Å². The minimum absolute atomic E-state index is 0.0349. The zero-order valence-electron chi connectivity index (χ0n) is 15.4. The standard InChI is InChI=1S/C20H20ClNO6/c1-2-3-6-12-27-19(23)15-9-4-5-10-16(15)20(24)28-13-14-8-7-11-17(21)18(14)22(25)26/h4-5,7-11H,2-3,6,12-13H2,1H3. The minimum Gasteiger partial charge on any atom is -0.462 e. The number of halogens is 1. The summed E-state index contributed by atoms with van der Waals surface area (Å²) in [6.07, 6.45) is 2.68. The van der Waals surface area contributed by atoms with Gasteiger partial charge in [-0.25, -0.2) is 9.59 Å². The minimum atomic E-state index is -0.782. The molecule has 0 aliphatic carbocycles. The van der Waals surface area contributed by atoms with Gasteiger partial charge in [0, 0.05) is 0 Å². The number of carbonyl (C=O) groups is 2. The van der Waals surface area contributed by atoms with Gasteiger partial charge in [-0.15, -0.1) is 0 Å². The lowest BCUT2D eigenvalue weighted by Gasteiger charge is -2.10. The SMILES string of the molecule is CCCCCOC(=O)c1ccccc1C(=O)OCc1cccc(Cl)c1[N+](=O)[O-]. The molecule has 8 heteroatoms. The van der Waals surface area contributed by atoms with Gasteiger partial charge in [-0.2, -0.15) is 0 Å². The van der Waals surface area contributed by atoms with Crippen LogP contribution in [0.4, 0.5) is 5.69 Å². The zero-order valence-corrected chi connectivity index (χ0v) is 16.1. The second-order valence-corrected chi connectivity index (χ2v) is 6.38.